The average molecular weight is 493 g/mol. The second-order valence-corrected chi connectivity index (χ2v) is 9.17. The van der Waals surface area contributed by atoms with Crippen LogP contribution in [0.25, 0.3) is 0 Å². The molecule has 0 saturated heterocycles. The number of carbonyl (C=O) groups is 2. The van der Waals surface area contributed by atoms with E-state index in [0.29, 0.717) is 5.69 Å². The summed E-state index contributed by atoms with van der Waals surface area (Å²) in [7, 11) is -2.85. The van der Waals surface area contributed by atoms with Gasteiger partial charge in [0.1, 0.15) is 4.90 Å². The van der Waals surface area contributed by atoms with Crippen molar-refractivity contribution < 1.29 is 22.7 Å². The summed E-state index contributed by atoms with van der Waals surface area (Å²) >= 11 is 12.1. The first-order valence-electron chi connectivity index (χ1n) is 9.19. The van der Waals surface area contributed by atoms with Gasteiger partial charge in [0.15, 0.2) is 0 Å². The quantitative estimate of drug-likeness (QED) is 0.463. The van der Waals surface area contributed by atoms with Gasteiger partial charge in [-0.1, -0.05) is 41.4 Å². The number of nitrogens with one attached hydrogen (secondary N) is 2. The van der Waals surface area contributed by atoms with Crippen LogP contribution < -0.4 is 10.0 Å². The van der Waals surface area contributed by atoms with Crippen LogP contribution >= 0.6 is 23.2 Å². The summed E-state index contributed by atoms with van der Waals surface area (Å²) in [5, 5.41) is 2.72. The monoisotopic (exact) mass is 492 g/mol. The third-order valence-electron chi connectivity index (χ3n) is 4.50. The SMILES string of the molecule is COC(=O)c1cc(NC(=O)c2ccc(Cl)c(S(=O)(=O)Nc3ccccc3C)c2)ccc1Cl. The van der Waals surface area contributed by atoms with Crippen molar-refractivity contribution in [1.82, 2.24) is 0 Å². The number of rotatable bonds is 6. The van der Waals surface area contributed by atoms with Crippen LogP contribution in [0.5, 0.6) is 0 Å². The summed E-state index contributed by atoms with van der Waals surface area (Å²) in [4.78, 5) is 24.3. The molecule has 166 valence electrons. The average Bonchev–Trinajstić information content (AvgIpc) is 2.76. The van der Waals surface area contributed by atoms with Gasteiger partial charge in [-0.2, -0.15) is 0 Å². The first-order chi connectivity index (χ1) is 15.1. The summed E-state index contributed by atoms with van der Waals surface area (Å²) in [6.07, 6.45) is 0. The Balaban J connectivity index is 1.89. The molecule has 0 unspecified atom stereocenters. The van der Waals surface area contributed by atoms with E-state index in [0.717, 1.165) is 5.56 Å². The first-order valence-corrected chi connectivity index (χ1v) is 11.4. The van der Waals surface area contributed by atoms with Gasteiger partial charge in [-0.3, -0.25) is 9.52 Å². The normalized spacial score (nSPS) is 11.0. The summed E-state index contributed by atoms with van der Waals surface area (Å²) in [5.74, 6) is -1.26. The van der Waals surface area contributed by atoms with E-state index in [2.05, 4.69) is 14.8 Å². The highest BCUT2D eigenvalue weighted by Crippen LogP contribution is 2.27. The van der Waals surface area contributed by atoms with Crippen molar-refractivity contribution >= 4 is 56.5 Å². The molecule has 0 aromatic heterocycles. The highest BCUT2D eigenvalue weighted by Gasteiger charge is 2.21. The second kappa shape index (κ2) is 9.60. The van der Waals surface area contributed by atoms with Gasteiger partial charge in [0.2, 0.25) is 0 Å². The first kappa shape index (κ1) is 23.6. The number of carbonyl (C=O) groups excluding carboxylic acids is 2. The number of sulfonamides is 1. The van der Waals surface area contributed by atoms with E-state index in [1.807, 2.05) is 0 Å². The van der Waals surface area contributed by atoms with Gasteiger partial charge in [0.25, 0.3) is 15.9 Å². The molecule has 7 nitrogen and oxygen atoms in total. The van der Waals surface area contributed by atoms with Gasteiger partial charge in [0, 0.05) is 11.3 Å². The molecular formula is C22H18Cl2N2O5S. The number of ether oxygens (including phenoxy) is 1. The van der Waals surface area contributed by atoms with Crippen molar-refractivity contribution in [2.45, 2.75) is 11.8 Å². The number of benzene rings is 3. The molecule has 10 heteroatoms. The van der Waals surface area contributed by atoms with Gasteiger partial charge in [0.05, 0.1) is 28.4 Å². The Labute approximate surface area is 195 Å². The van der Waals surface area contributed by atoms with Crippen molar-refractivity contribution in [1.29, 1.82) is 0 Å². The number of esters is 1. The van der Waals surface area contributed by atoms with Gasteiger partial charge in [-0.15, -0.1) is 0 Å². The predicted molar refractivity (Wildman–Crippen MR) is 124 cm³/mol. The number of methoxy groups -OCH3 is 1. The fourth-order valence-electron chi connectivity index (χ4n) is 2.81. The van der Waals surface area contributed by atoms with Crippen LogP contribution in [0.4, 0.5) is 11.4 Å². The molecule has 0 heterocycles. The zero-order valence-electron chi connectivity index (χ0n) is 17.0. The van der Waals surface area contributed by atoms with Crippen LogP contribution in [-0.4, -0.2) is 27.4 Å². The minimum atomic E-state index is -4.06. The standard InChI is InChI=1S/C22H18Cl2N2O5S/c1-13-5-3-4-6-19(13)26-32(29,30)20-11-14(7-9-18(20)24)21(27)25-15-8-10-17(23)16(12-15)22(28)31-2/h3-12,26H,1-2H3,(H,25,27). The lowest BCUT2D eigenvalue weighted by Gasteiger charge is -2.13. The molecule has 2 N–H and O–H groups in total. The highest BCUT2D eigenvalue weighted by molar-refractivity contribution is 7.92. The Bertz CT molecular complexity index is 1310. The Morgan fingerprint density at radius 1 is 0.938 bits per heavy atom. The molecule has 0 aliphatic heterocycles. The van der Waals surface area contributed by atoms with Crippen molar-refractivity contribution in [3.8, 4) is 0 Å². The van der Waals surface area contributed by atoms with E-state index < -0.39 is 21.9 Å². The molecule has 3 rings (SSSR count). The molecule has 32 heavy (non-hydrogen) atoms. The molecule has 1 amide bonds. The lowest BCUT2D eigenvalue weighted by Crippen LogP contribution is -2.17. The number of amides is 1. The van der Waals surface area contributed by atoms with Crippen LogP contribution in [0.3, 0.4) is 0 Å². The summed E-state index contributed by atoms with van der Waals surface area (Å²) in [5.41, 5.74) is 1.53. The fourth-order valence-corrected chi connectivity index (χ4v) is 4.66. The maximum absolute atomic E-state index is 12.9. The molecule has 0 fully saturated rings. The Morgan fingerprint density at radius 3 is 2.31 bits per heavy atom. The molecule has 3 aromatic carbocycles. The van der Waals surface area contributed by atoms with Crippen LogP contribution in [0.15, 0.2) is 65.6 Å². The molecule has 0 aliphatic rings. The number of para-hydroxylation sites is 1. The summed E-state index contributed by atoms with van der Waals surface area (Å²) in [6.45, 7) is 1.76. The topological polar surface area (TPSA) is 102 Å². The number of aryl methyl sites for hydroxylation is 1. The van der Waals surface area contributed by atoms with E-state index in [1.165, 1.54) is 43.5 Å². The van der Waals surface area contributed by atoms with Gasteiger partial charge >= 0.3 is 5.97 Å². The largest absolute Gasteiger partial charge is 0.465 e. The van der Waals surface area contributed by atoms with Crippen LogP contribution in [0, 0.1) is 6.92 Å². The maximum Gasteiger partial charge on any atom is 0.339 e. The number of halogens is 2. The van der Waals surface area contributed by atoms with Crippen LogP contribution in [0.2, 0.25) is 10.0 Å². The van der Waals surface area contributed by atoms with Gasteiger partial charge in [-0.05, 0) is 55.0 Å². The van der Waals surface area contributed by atoms with Crippen molar-refractivity contribution in [3.05, 3.63) is 87.4 Å². The summed E-state index contributed by atoms with van der Waals surface area (Å²) < 4.78 is 33.0. The molecule has 0 radical (unpaired) electrons. The van der Waals surface area contributed by atoms with Crippen molar-refractivity contribution in [2.24, 2.45) is 0 Å². The Morgan fingerprint density at radius 2 is 1.62 bits per heavy atom. The van der Waals surface area contributed by atoms with Crippen LogP contribution in [0.1, 0.15) is 26.3 Å². The maximum atomic E-state index is 12.9. The molecule has 0 saturated carbocycles. The minimum absolute atomic E-state index is 0.0397. The van der Waals surface area contributed by atoms with Crippen molar-refractivity contribution in [2.75, 3.05) is 17.1 Å². The Kier molecular flexibility index (Phi) is 7.08. The number of hydrogen-bond acceptors (Lipinski definition) is 5. The van der Waals surface area contributed by atoms with E-state index in [1.54, 1.807) is 31.2 Å². The third kappa shape index (κ3) is 5.21. The summed E-state index contributed by atoms with van der Waals surface area (Å²) in [6, 6.07) is 15.1. The molecule has 0 aliphatic carbocycles. The smallest absolute Gasteiger partial charge is 0.339 e. The zero-order chi connectivity index (χ0) is 23.5. The molecule has 0 spiro atoms. The van der Waals surface area contributed by atoms with E-state index in [4.69, 9.17) is 23.2 Å². The van der Waals surface area contributed by atoms with Crippen LogP contribution in [-0.2, 0) is 14.8 Å². The van der Waals surface area contributed by atoms with E-state index in [9.17, 15) is 18.0 Å². The zero-order valence-corrected chi connectivity index (χ0v) is 19.3. The minimum Gasteiger partial charge on any atom is -0.465 e. The molecule has 3 aromatic rings. The van der Waals surface area contributed by atoms with E-state index >= 15 is 0 Å². The Hall–Kier alpha value is -3.07. The highest BCUT2D eigenvalue weighted by atomic mass is 35.5. The second-order valence-electron chi connectivity index (χ2n) is 6.71. The third-order valence-corrected chi connectivity index (χ3v) is 6.68. The lowest BCUT2D eigenvalue weighted by molar-refractivity contribution is 0.0600. The molecule has 0 atom stereocenters. The number of anilines is 2. The molecular weight excluding hydrogens is 475 g/mol. The predicted octanol–water partition coefficient (Wildman–Crippen LogP) is 5.14. The molecule has 0 bridgehead atoms. The lowest BCUT2D eigenvalue weighted by atomic mass is 10.1. The fraction of sp³-hybridized carbons (Fsp3) is 0.0909. The van der Waals surface area contributed by atoms with Gasteiger partial charge in [-0.25, -0.2) is 13.2 Å². The van der Waals surface area contributed by atoms with Gasteiger partial charge < -0.3 is 10.1 Å². The number of hydrogen-bond donors (Lipinski definition) is 2. The van der Waals surface area contributed by atoms with Crippen molar-refractivity contribution in [3.63, 3.8) is 0 Å². The van der Waals surface area contributed by atoms with E-state index in [-0.39, 0.29) is 31.8 Å².